The number of thiazole rings is 1. The molecule has 0 atom stereocenters. The second-order valence-corrected chi connectivity index (χ2v) is 6.10. The Hall–Kier alpha value is -1.59. The van der Waals surface area contributed by atoms with Gasteiger partial charge in [-0.1, -0.05) is 11.6 Å². The van der Waals surface area contributed by atoms with Gasteiger partial charge in [0.25, 0.3) is 0 Å². The molecule has 0 aliphatic heterocycles. The summed E-state index contributed by atoms with van der Waals surface area (Å²) in [6.07, 6.45) is 3.53. The monoisotopic (exact) mass is 292 g/mol. The summed E-state index contributed by atoms with van der Waals surface area (Å²) >= 11 is 7.32. The zero-order valence-corrected chi connectivity index (χ0v) is 12.2. The highest BCUT2D eigenvalue weighted by molar-refractivity contribution is 7.15. The van der Waals surface area contributed by atoms with E-state index in [2.05, 4.69) is 40.2 Å². The molecule has 0 fully saturated rings. The number of aromatic amines is 1. The van der Waals surface area contributed by atoms with Gasteiger partial charge < -0.3 is 10.3 Å². The quantitative estimate of drug-likeness (QED) is 0.770. The Balaban J connectivity index is 1.90. The van der Waals surface area contributed by atoms with Crippen molar-refractivity contribution >= 4 is 39.7 Å². The molecule has 0 unspecified atom stereocenters. The molecule has 98 valence electrons. The first kappa shape index (κ1) is 12.4. The van der Waals surface area contributed by atoms with E-state index >= 15 is 0 Å². The molecule has 0 spiro atoms. The van der Waals surface area contributed by atoms with Gasteiger partial charge in [0.1, 0.15) is 0 Å². The lowest BCUT2D eigenvalue weighted by molar-refractivity contribution is 1.16. The number of benzene rings is 1. The van der Waals surface area contributed by atoms with Crippen LogP contribution in [0.3, 0.4) is 0 Å². The van der Waals surface area contributed by atoms with Crippen LogP contribution in [0.4, 0.5) is 5.69 Å². The van der Waals surface area contributed by atoms with Gasteiger partial charge in [-0.2, -0.15) is 0 Å². The number of imidazole rings is 1. The molecule has 19 heavy (non-hydrogen) atoms. The van der Waals surface area contributed by atoms with Crippen LogP contribution in [0, 0.1) is 13.8 Å². The molecule has 0 radical (unpaired) electrons. The summed E-state index contributed by atoms with van der Waals surface area (Å²) in [5.41, 5.74) is 5.61. The maximum absolute atomic E-state index is 5.83. The largest absolute Gasteiger partial charge is 0.380 e. The molecule has 0 aliphatic rings. The van der Waals surface area contributed by atoms with E-state index in [4.69, 9.17) is 11.6 Å². The van der Waals surface area contributed by atoms with Crippen LogP contribution in [0.1, 0.15) is 16.0 Å². The number of hydrogen-bond donors (Lipinski definition) is 2. The lowest BCUT2D eigenvalue weighted by atomic mass is 10.1. The Morgan fingerprint density at radius 3 is 2.89 bits per heavy atom. The second kappa shape index (κ2) is 4.83. The van der Waals surface area contributed by atoms with Gasteiger partial charge in [0, 0.05) is 16.8 Å². The van der Waals surface area contributed by atoms with Crippen molar-refractivity contribution in [3.63, 3.8) is 0 Å². The van der Waals surface area contributed by atoms with Crippen LogP contribution in [0.25, 0.3) is 11.0 Å². The third-order valence-electron chi connectivity index (χ3n) is 3.26. The number of anilines is 1. The zero-order valence-electron chi connectivity index (χ0n) is 10.6. The van der Waals surface area contributed by atoms with E-state index in [0.29, 0.717) is 4.47 Å². The van der Waals surface area contributed by atoms with E-state index in [1.165, 1.54) is 22.5 Å². The lowest BCUT2D eigenvalue weighted by Gasteiger charge is -2.11. The highest BCUT2D eigenvalue weighted by Gasteiger charge is 2.09. The number of nitrogens with zero attached hydrogens (tertiary/aromatic N) is 2. The minimum atomic E-state index is 0.578. The molecule has 2 N–H and O–H groups in total. The maximum atomic E-state index is 5.83. The SMILES string of the molecule is Cc1c(NCc2cnc(Cl)s2)cc2[nH]cnc2c1C. The Labute approximate surface area is 119 Å². The number of halogens is 1. The molecule has 0 bridgehead atoms. The standard InChI is InChI=1S/C13H13ClN4S/c1-7-8(2)12-11(17-6-18-12)3-10(7)15-4-9-5-16-13(14)19-9/h3,5-6,15H,4H2,1-2H3,(H,17,18). The van der Waals surface area contributed by atoms with Gasteiger partial charge in [0.2, 0.25) is 0 Å². The van der Waals surface area contributed by atoms with Gasteiger partial charge in [-0.25, -0.2) is 9.97 Å². The van der Waals surface area contributed by atoms with Crippen LogP contribution in [0.2, 0.25) is 4.47 Å². The first-order valence-corrected chi connectivity index (χ1v) is 7.12. The predicted molar refractivity (Wildman–Crippen MR) is 80.0 cm³/mol. The molecule has 0 aliphatic carbocycles. The highest BCUT2D eigenvalue weighted by atomic mass is 35.5. The highest BCUT2D eigenvalue weighted by Crippen LogP contribution is 2.27. The molecule has 3 rings (SSSR count). The smallest absolute Gasteiger partial charge is 0.183 e. The molecule has 0 saturated carbocycles. The van der Waals surface area contributed by atoms with Crippen LogP contribution >= 0.6 is 22.9 Å². The molecular weight excluding hydrogens is 280 g/mol. The minimum absolute atomic E-state index is 0.578. The van der Waals surface area contributed by atoms with Crippen molar-refractivity contribution in [3.8, 4) is 0 Å². The molecule has 2 aromatic heterocycles. The van der Waals surface area contributed by atoms with Crippen molar-refractivity contribution in [3.05, 3.63) is 39.1 Å². The maximum Gasteiger partial charge on any atom is 0.183 e. The van der Waals surface area contributed by atoms with E-state index in [9.17, 15) is 0 Å². The van der Waals surface area contributed by atoms with Crippen molar-refractivity contribution < 1.29 is 0 Å². The molecule has 0 amide bonds. The summed E-state index contributed by atoms with van der Waals surface area (Å²) < 4.78 is 0.578. The molecule has 2 heterocycles. The van der Waals surface area contributed by atoms with Crippen molar-refractivity contribution in [1.29, 1.82) is 0 Å². The number of rotatable bonds is 3. The second-order valence-electron chi connectivity index (χ2n) is 4.41. The van der Waals surface area contributed by atoms with Crippen molar-refractivity contribution in [1.82, 2.24) is 15.0 Å². The summed E-state index contributed by atoms with van der Waals surface area (Å²) in [4.78, 5) is 12.6. The number of nitrogens with one attached hydrogen (secondary N) is 2. The van der Waals surface area contributed by atoms with E-state index in [1.54, 1.807) is 12.5 Å². The van der Waals surface area contributed by atoms with Gasteiger partial charge in [-0.15, -0.1) is 11.3 Å². The van der Waals surface area contributed by atoms with Crippen LogP contribution in [0.5, 0.6) is 0 Å². The average molecular weight is 293 g/mol. The Kier molecular flexibility index (Phi) is 3.16. The van der Waals surface area contributed by atoms with Crippen molar-refractivity contribution in [2.75, 3.05) is 5.32 Å². The molecular formula is C13H13ClN4S. The molecule has 1 aromatic carbocycles. The van der Waals surface area contributed by atoms with Gasteiger partial charge in [-0.05, 0) is 31.0 Å². The molecule has 6 heteroatoms. The summed E-state index contributed by atoms with van der Waals surface area (Å²) in [6, 6.07) is 2.09. The number of aryl methyl sites for hydroxylation is 1. The fourth-order valence-corrected chi connectivity index (χ4v) is 2.99. The van der Waals surface area contributed by atoms with Crippen LogP contribution < -0.4 is 5.32 Å². The molecule has 3 aromatic rings. The van der Waals surface area contributed by atoms with E-state index in [-0.39, 0.29) is 0 Å². The first-order chi connectivity index (χ1) is 9.15. The van der Waals surface area contributed by atoms with E-state index in [1.807, 2.05) is 0 Å². The van der Waals surface area contributed by atoms with Gasteiger partial charge in [-0.3, -0.25) is 0 Å². The number of H-pyrrole nitrogens is 1. The van der Waals surface area contributed by atoms with Gasteiger partial charge in [0.15, 0.2) is 4.47 Å². The normalized spacial score (nSPS) is 11.1. The Morgan fingerprint density at radius 2 is 2.16 bits per heavy atom. The zero-order chi connectivity index (χ0) is 13.4. The summed E-state index contributed by atoms with van der Waals surface area (Å²) in [6.45, 7) is 4.92. The third kappa shape index (κ3) is 2.31. The van der Waals surface area contributed by atoms with Gasteiger partial charge >= 0.3 is 0 Å². The van der Waals surface area contributed by atoms with Crippen molar-refractivity contribution in [2.24, 2.45) is 0 Å². The van der Waals surface area contributed by atoms with Crippen LogP contribution in [-0.2, 0) is 6.54 Å². The summed E-state index contributed by atoms with van der Waals surface area (Å²) in [7, 11) is 0. The van der Waals surface area contributed by atoms with Crippen LogP contribution in [-0.4, -0.2) is 15.0 Å². The molecule has 4 nitrogen and oxygen atoms in total. The summed E-state index contributed by atoms with van der Waals surface area (Å²) in [5, 5.41) is 3.43. The minimum Gasteiger partial charge on any atom is -0.380 e. The fraction of sp³-hybridized carbons (Fsp3) is 0.231. The Bertz CT molecular complexity index is 731. The fourth-order valence-electron chi connectivity index (χ4n) is 2.08. The van der Waals surface area contributed by atoms with Crippen molar-refractivity contribution in [2.45, 2.75) is 20.4 Å². The number of fused-ring (bicyclic) bond motifs is 1. The third-order valence-corrected chi connectivity index (χ3v) is 4.37. The Morgan fingerprint density at radius 1 is 1.32 bits per heavy atom. The van der Waals surface area contributed by atoms with E-state index < -0.39 is 0 Å². The topological polar surface area (TPSA) is 53.6 Å². The predicted octanol–water partition coefficient (Wildman–Crippen LogP) is 3.90. The lowest BCUT2D eigenvalue weighted by Crippen LogP contribution is -2.01. The average Bonchev–Trinajstić information content (AvgIpc) is 3.01. The van der Waals surface area contributed by atoms with Gasteiger partial charge in [0.05, 0.1) is 23.9 Å². The number of aromatic nitrogens is 3. The van der Waals surface area contributed by atoms with E-state index in [0.717, 1.165) is 28.1 Å². The number of hydrogen-bond acceptors (Lipinski definition) is 4. The van der Waals surface area contributed by atoms with Crippen LogP contribution in [0.15, 0.2) is 18.6 Å². The molecule has 0 saturated heterocycles. The summed E-state index contributed by atoms with van der Waals surface area (Å²) in [5.74, 6) is 0. The first-order valence-electron chi connectivity index (χ1n) is 5.92.